The van der Waals surface area contributed by atoms with Crippen LogP contribution in [0.5, 0.6) is 11.5 Å². The summed E-state index contributed by atoms with van der Waals surface area (Å²) in [4.78, 5) is 23.6. The molecule has 3 unspecified atom stereocenters. The van der Waals surface area contributed by atoms with E-state index in [1.54, 1.807) is 0 Å². The Labute approximate surface area is 210 Å². The van der Waals surface area contributed by atoms with Gasteiger partial charge in [0.1, 0.15) is 17.5 Å². The van der Waals surface area contributed by atoms with Crippen LogP contribution in [0.2, 0.25) is 0 Å². The lowest BCUT2D eigenvalue weighted by atomic mass is 9.88. The third-order valence-electron chi connectivity index (χ3n) is 8.07. The van der Waals surface area contributed by atoms with E-state index in [9.17, 15) is 9.59 Å². The van der Waals surface area contributed by atoms with Gasteiger partial charge in [-0.2, -0.15) is 0 Å². The molecular weight excluding hydrogens is 440 g/mol. The van der Waals surface area contributed by atoms with Crippen molar-refractivity contribution < 1.29 is 19.1 Å². The highest BCUT2D eigenvalue weighted by Crippen LogP contribution is 2.28. The second-order valence-electron chi connectivity index (χ2n) is 10.9. The van der Waals surface area contributed by atoms with Crippen LogP contribution in [0, 0.1) is 11.8 Å². The second kappa shape index (κ2) is 13.7. The molecule has 1 aromatic carbocycles. The van der Waals surface area contributed by atoms with Gasteiger partial charge in [0.15, 0.2) is 0 Å². The average molecular weight is 485 g/mol. The lowest BCUT2D eigenvalue weighted by molar-refractivity contribution is -0.121. The van der Waals surface area contributed by atoms with Crippen LogP contribution in [-0.4, -0.2) is 30.7 Å². The zero-order valence-corrected chi connectivity index (χ0v) is 21.3. The number of benzene rings is 1. The van der Waals surface area contributed by atoms with Crippen molar-refractivity contribution in [2.45, 2.75) is 115 Å². The Bertz CT molecular complexity index is 788. The van der Waals surface area contributed by atoms with Gasteiger partial charge >= 0.3 is 6.03 Å². The minimum absolute atomic E-state index is 0.159. The van der Waals surface area contributed by atoms with Crippen LogP contribution in [0.1, 0.15) is 103 Å². The van der Waals surface area contributed by atoms with Crippen molar-refractivity contribution in [1.29, 1.82) is 0 Å². The van der Waals surface area contributed by atoms with Gasteiger partial charge in [-0.15, -0.1) is 0 Å². The SMILES string of the molecule is O=C1NC(=O)C(C2CCCCCC(Oc3ccc(OCC4CCCCCCC4)cc3)CCCC2)N1. The van der Waals surface area contributed by atoms with Crippen LogP contribution in [-0.2, 0) is 4.79 Å². The van der Waals surface area contributed by atoms with Gasteiger partial charge in [-0.05, 0) is 87.5 Å². The molecule has 3 aliphatic rings. The maximum Gasteiger partial charge on any atom is 0.322 e. The van der Waals surface area contributed by atoms with Gasteiger partial charge in [-0.25, -0.2) is 4.79 Å². The third-order valence-corrected chi connectivity index (χ3v) is 8.07. The van der Waals surface area contributed by atoms with E-state index in [1.807, 2.05) is 0 Å². The van der Waals surface area contributed by atoms with Crippen molar-refractivity contribution in [2.24, 2.45) is 11.8 Å². The number of nitrogens with one attached hydrogen (secondary N) is 2. The summed E-state index contributed by atoms with van der Waals surface area (Å²) in [6.45, 7) is 0.829. The second-order valence-corrected chi connectivity index (χ2v) is 10.9. The Kier molecular flexibility index (Phi) is 10.1. The molecule has 6 nitrogen and oxygen atoms in total. The lowest BCUT2D eigenvalue weighted by Gasteiger charge is -2.21. The van der Waals surface area contributed by atoms with Crippen molar-refractivity contribution in [2.75, 3.05) is 6.61 Å². The standard InChI is InChI=1S/C29H44N2O4/c32-28-27(30-29(33)31-28)23-13-7-4-8-15-25(16-10-9-14-23)35-26-19-17-24(18-20-26)34-21-22-11-5-2-1-3-6-12-22/h17-20,22-23,25,27H,1-16,21H2,(H2,30,31,32,33). The molecule has 3 atom stereocenters. The van der Waals surface area contributed by atoms with Crippen LogP contribution in [0.15, 0.2) is 24.3 Å². The molecule has 6 heteroatoms. The molecule has 3 fully saturated rings. The first-order valence-electron chi connectivity index (χ1n) is 14.2. The Hall–Kier alpha value is -2.24. The number of carbonyl (C=O) groups is 2. The molecule has 0 spiro atoms. The summed E-state index contributed by atoms with van der Waals surface area (Å²) in [7, 11) is 0. The molecule has 2 aliphatic carbocycles. The molecule has 4 rings (SSSR count). The molecule has 3 amide bonds. The molecular formula is C29H44N2O4. The Morgan fingerprint density at radius 1 is 0.686 bits per heavy atom. The molecule has 1 heterocycles. The number of rotatable bonds is 6. The van der Waals surface area contributed by atoms with Crippen molar-refractivity contribution in [3.63, 3.8) is 0 Å². The summed E-state index contributed by atoms with van der Waals surface area (Å²) in [5.41, 5.74) is 0. The molecule has 1 aliphatic heterocycles. The largest absolute Gasteiger partial charge is 0.493 e. The highest BCUT2D eigenvalue weighted by molar-refractivity contribution is 6.04. The number of amides is 3. The van der Waals surface area contributed by atoms with Gasteiger partial charge in [0, 0.05) is 0 Å². The molecule has 0 aromatic heterocycles. The summed E-state index contributed by atoms with van der Waals surface area (Å²) >= 11 is 0. The van der Waals surface area contributed by atoms with Crippen LogP contribution < -0.4 is 20.1 Å². The molecule has 35 heavy (non-hydrogen) atoms. The summed E-state index contributed by atoms with van der Waals surface area (Å²) in [5, 5.41) is 5.21. The fourth-order valence-electron chi connectivity index (χ4n) is 5.97. The highest BCUT2D eigenvalue weighted by atomic mass is 16.5. The molecule has 2 N–H and O–H groups in total. The molecule has 194 valence electrons. The Morgan fingerprint density at radius 2 is 1.23 bits per heavy atom. The monoisotopic (exact) mass is 484 g/mol. The quantitative estimate of drug-likeness (QED) is 0.451. The van der Waals surface area contributed by atoms with E-state index in [2.05, 4.69) is 34.9 Å². The lowest BCUT2D eigenvalue weighted by Crippen LogP contribution is -2.37. The van der Waals surface area contributed by atoms with E-state index in [0.29, 0.717) is 5.92 Å². The fourth-order valence-corrected chi connectivity index (χ4v) is 5.97. The van der Waals surface area contributed by atoms with Crippen LogP contribution in [0.25, 0.3) is 0 Å². The first-order valence-corrected chi connectivity index (χ1v) is 14.2. The molecule has 0 radical (unpaired) electrons. The van der Waals surface area contributed by atoms with Crippen LogP contribution in [0.3, 0.4) is 0 Å². The van der Waals surface area contributed by atoms with Gasteiger partial charge in [-0.1, -0.05) is 51.4 Å². The first-order chi connectivity index (χ1) is 17.2. The predicted octanol–water partition coefficient (Wildman–Crippen LogP) is 6.52. The van der Waals surface area contributed by atoms with E-state index in [-0.39, 0.29) is 30.0 Å². The van der Waals surface area contributed by atoms with E-state index in [4.69, 9.17) is 9.47 Å². The fraction of sp³-hybridized carbons (Fsp3) is 0.724. The number of urea groups is 1. The Morgan fingerprint density at radius 3 is 1.91 bits per heavy atom. The maximum absolute atomic E-state index is 12.1. The highest BCUT2D eigenvalue weighted by Gasteiger charge is 2.35. The van der Waals surface area contributed by atoms with E-state index < -0.39 is 0 Å². The van der Waals surface area contributed by atoms with Crippen molar-refractivity contribution in [1.82, 2.24) is 10.6 Å². The molecule has 2 saturated carbocycles. The summed E-state index contributed by atoms with van der Waals surface area (Å²) < 4.78 is 12.5. The van der Waals surface area contributed by atoms with Gasteiger partial charge in [-0.3, -0.25) is 10.1 Å². The number of hydrogen-bond acceptors (Lipinski definition) is 4. The van der Waals surface area contributed by atoms with E-state index >= 15 is 0 Å². The molecule has 0 bridgehead atoms. The first kappa shape index (κ1) is 25.8. The van der Waals surface area contributed by atoms with Crippen molar-refractivity contribution in [3.05, 3.63) is 24.3 Å². The summed E-state index contributed by atoms with van der Waals surface area (Å²) in [6.07, 6.45) is 19.2. The number of imide groups is 1. The third kappa shape index (κ3) is 8.43. The smallest absolute Gasteiger partial charge is 0.322 e. The van der Waals surface area contributed by atoms with E-state index in [1.165, 1.54) is 44.9 Å². The minimum Gasteiger partial charge on any atom is -0.493 e. The van der Waals surface area contributed by atoms with Gasteiger partial charge in [0.25, 0.3) is 5.91 Å². The van der Waals surface area contributed by atoms with Crippen LogP contribution in [0.4, 0.5) is 4.79 Å². The van der Waals surface area contributed by atoms with E-state index in [0.717, 1.165) is 75.9 Å². The van der Waals surface area contributed by atoms with Gasteiger partial charge in [0.2, 0.25) is 0 Å². The van der Waals surface area contributed by atoms with Gasteiger partial charge in [0.05, 0.1) is 12.7 Å². The predicted molar refractivity (Wildman–Crippen MR) is 138 cm³/mol. The molecule has 1 saturated heterocycles. The maximum atomic E-state index is 12.1. The zero-order chi connectivity index (χ0) is 24.3. The normalized spacial score (nSPS) is 27.6. The number of ether oxygens (including phenoxy) is 2. The van der Waals surface area contributed by atoms with Crippen molar-refractivity contribution >= 4 is 11.9 Å². The summed E-state index contributed by atoms with van der Waals surface area (Å²) in [5.74, 6) is 2.63. The summed E-state index contributed by atoms with van der Waals surface area (Å²) in [6, 6.07) is 7.50. The number of hydrogen-bond donors (Lipinski definition) is 2. The van der Waals surface area contributed by atoms with Crippen LogP contribution >= 0.6 is 0 Å². The van der Waals surface area contributed by atoms with Gasteiger partial charge < -0.3 is 14.8 Å². The average Bonchev–Trinajstić information content (AvgIpc) is 3.14. The van der Waals surface area contributed by atoms with Crippen molar-refractivity contribution in [3.8, 4) is 11.5 Å². The topological polar surface area (TPSA) is 76.7 Å². The molecule has 1 aromatic rings. The minimum atomic E-state index is -0.358. The zero-order valence-electron chi connectivity index (χ0n) is 21.3. The Balaban J connectivity index is 1.22. The number of carbonyl (C=O) groups excluding carboxylic acids is 2.